The summed E-state index contributed by atoms with van der Waals surface area (Å²) in [5.74, 6) is -1.20. The van der Waals surface area contributed by atoms with Crippen molar-refractivity contribution >= 4 is 40.1 Å². The zero-order valence-corrected chi connectivity index (χ0v) is 18.0. The van der Waals surface area contributed by atoms with Crippen molar-refractivity contribution in [2.45, 2.75) is 5.03 Å². The van der Waals surface area contributed by atoms with Crippen molar-refractivity contribution in [2.75, 3.05) is 11.6 Å². The Morgan fingerprint density at radius 1 is 1.00 bits per heavy atom. The fourth-order valence-electron chi connectivity index (χ4n) is 3.02. The van der Waals surface area contributed by atoms with Gasteiger partial charge in [-0.15, -0.1) is 23.1 Å². The van der Waals surface area contributed by atoms with Crippen LogP contribution in [-0.2, 0) is 0 Å². The number of aromatic carboxylic acids is 1. The summed E-state index contributed by atoms with van der Waals surface area (Å²) in [6.07, 6.45) is 3.54. The van der Waals surface area contributed by atoms with Gasteiger partial charge in [0.15, 0.2) is 5.13 Å². The first-order chi connectivity index (χ1) is 15.0. The van der Waals surface area contributed by atoms with Crippen LogP contribution in [0.5, 0.6) is 0 Å². The molecule has 0 unspecified atom stereocenters. The zero-order chi connectivity index (χ0) is 21.8. The lowest BCUT2D eigenvalue weighted by Gasteiger charge is -2.06. The van der Waals surface area contributed by atoms with Gasteiger partial charge in [0.25, 0.3) is 5.91 Å². The number of carbonyl (C=O) groups excluding carboxylic acids is 1. The third-order valence-electron chi connectivity index (χ3n) is 4.56. The number of carboxylic acids is 1. The third-order valence-corrected chi connectivity index (χ3v) is 6.03. The number of nitrogens with one attached hydrogen (secondary N) is 1. The summed E-state index contributed by atoms with van der Waals surface area (Å²) < 4.78 is 0. The number of amides is 1. The molecule has 1 amide bonds. The maximum Gasteiger partial charge on any atom is 0.335 e. The highest BCUT2D eigenvalue weighted by atomic mass is 32.2. The molecule has 31 heavy (non-hydrogen) atoms. The Hall–Kier alpha value is -3.49. The molecule has 8 heteroatoms. The molecule has 0 aliphatic rings. The molecule has 2 heterocycles. The third kappa shape index (κ3) is 4.65. The second-order valence-corrected chi connectivity index (χ2v) is 8.17. The molecule has 2 aromatic heterocycles. The van der Waals surface area contributed by atoms with Gasteiger partial charge in [-0.2, -0.15) is 0 Å². The van der Waals surface area contributed by atoms with Gasteiger partial charge in [0.05, 0.1) is 16.8 Å². The predicted octanol–water partition coefficient (Wildman–Crippen LogP) is 5.54. The minimum absolute atomic E-state index is 0.245. The van der Waals surface area contributed by atoms with Gasteiger partial charge in [-0.1, -0.05) is 30.3 Å². The number of hydrogen-bond acceptors (Lipinski definition) is 6. The number of carbonyl (C=O) groups is 2. The molecule has 0 aliphatic carbocycles. The highest BCUT2D eigenvalue weighted by molar-refractivity contribution is 7.98. The quantitative estimate of drug-likeness (QED) is 0.377. The van der Waals surface area contributed by atoms with E-state index in [-0.39, 0.29) is 11.5 Å². The molecule has 2 N–H and O–H groups in total. The van der Waals surface area contributed by atoms with Crippen LogP contribution in [0.25, 0.3) is 22.4 Å². The summed E-state index contributed by atoms with van der Waals surface area (Å²) in [5, 5.41) is 15.0. The number of anilines is 1. The van der Waals surface area contributed by atoms with Crippen molar-refractivity contribution in [1.82, 2.24) is 9.97 Å². The van der Waals surface area contributed by atoms with E-state index in [2.05, 4.69) is 15.3 Å². The molecule has 4 aromatic rings. The molecule has 2 aromatic carbocycles. The van der Waals surface area contributed by atoms with Gasteiger partial charge in [-0.3, -0.25) is 10.1 Å². The van der Waals surface area contributed by atoms with Crippen LogP contribution < -0.4 is 5.32 Å². The number of aromatic nitrogens is 2. The monoisotopic (exact) mass is 447 g/mol. The van der Waals surface area contributed by atoms with Gasteiger partial charge in [0.1, 0.15) is 5.03 Å². The molecule has 4 rings (SSSR count). The minimum atomic E-state index is -0.951. The van der Waals surface area contributed by atoms with Crippen molar-refractivity contribution in [1.29, 1.82) is 0 Å². The molecule has 0 aliphatic heterocycles. The van der Waals surface area contributed by atoms with Crippen LogP contribution in [0.3, 0.4) is 0 Å². The van der Waals surface area contributed by atoms with Crippen LogP contribution in [0.2, 0.25) is 0 Å². The number of rotatable bonds is 6. The van der Waals surface area contributed by atoms with Crippen molar-refractivity contribution in [3.63, 3.8) is 0 Å². The molecular formula is C23H17N3O3S2. The molecule has 0 fully saturated rings. The van der Waals surface area contributed by atoms with Crippen molar-refractivity contribution in [2.24, 2.45) is 0 Å². The van der Waals surface area contributed by atoms with Crippen LogP contribution in [0.15, 0.2) is 77.3 Å². The second kappa shape index (κ2) is 9.11. The Kier molecular flexibility index (Phi) is 6.11. The fourth-order valence-corrected chi connectivity index (χ4v) is 4.28. The lowest BCUT2D eigenvalue weighted by atomic mass is 10.0. The molecule has 0 saturated carbocycles. The minimum Gasteiger partial charge on any atom is -0.478 e. The number of thiazole rings is 1. The number of hydrogen-bond donors (Lipinski definition) is 2. The standard InChI is InChI=1S/C23H17N3O3S2/c1-30-21-18(6-3-11-24-21)20(27)26-23-25-19(13-31-23)17-5-2-4-16(12-17)14-7-9-15(10-8-14)22(28)29/h2-13H,1H3,(H,28,29)(H,25,26,27). The Morgan fingerprint density at radius 2 is 1.77 bits per heavy atom. The summed E-state index contributed by atoms with van der Waals surface area (Å²) in [4.78, 5) is 32.4. The lowest BCUT2D eigenvalue weighted by Crippen LogP contribution is -2.13. The van der Waals surface area contributed by atoms with Gasteiger partial charge in [-0.25, -0.2) is 14.8 Å². The molecule has 0 saturated heterocycles. The number of pyridine rings is 1. The van der Waals surface area contributed by atoms with Gasteiger partial charge in [-0.05, 0) is 47.7 Å². The first-order valence-electron chi connectivity index (χ1n) is 9.25. The molecule has 0 radical (unpaired) electrons. The van der Waals surface area contributed by atoms with E-state index in [4.69, 9.17) is 5.11 Å². The molecule has 6 nitrogen and oxygen atoms in total. The van der Waals surface area contributed by atoms with Crippen molar-refractivity contribution in [3.05, 3.63) is 83.4 Å². The Labute approximate surface area is 187 Å². The van der Waals surface area contributed by atoms with Crippen LogP contribution in [0.4, 0.5) is 5.13 Å². The van der Waals surface area contributed by atoms with Crippen molar-refractivity contribution < 1.29 is 14.7 Å². The average Bonchev–Trinajstić information content (AvgIpc) is 3.27. The lowest BCUT2D eigenvalue weighted by molar-refractivity contribution is 0.0696. The maximum atomic E-state index is 12.6. The second-order valence-electron chi connectivity index (χ2n) is 6.52. The normalized spacial score (nSPS) is 10.6. The maximum absolute atomic E-state index is 12.6. The zero-order valence-electron chi connectivity index (χ0n) is 16.4. The van der Waals surface area contributed by atoms with Crippen LogP contribution in [-0.4, -0.2) is 33.2 Å². The average molecular weight is 448 g/mol. The van der Waals surface area contributed by atoms with Crippen LogP contribution in [0, 0.1) is 0 Å². The smallest absolute Gasteiger partial charge is 0.335 e. The summed E-state index contributed by atoms with van der Waals surface area (Å²) >= 11 is 2.77. The predicted molar refractivity (Wildman–Crippen MR) is 124 cm³/mol. The van der Waals surface area contributed by atoms with Gasteiger partial charge in [0.2, 0.25) is 0 Å². The Bertz CT molecular complexity index is 1250. The summed E-state index contributed by atoms with van der Waals surface area (Å²) in [6.45, 7) is 0. The first kappa shape index (κ1) is 20.8. The Balaban J connectivity index is 1.54. The number of thioether (sulfide) groups is 1. The van der Waals surface area contributed by atoms with Gasteiger partial charge >= 0.3 is 5.97 Å². The number of benzene rings is 2. The molecule has 0 bridgehead atoms. The Morgan fingerprint density at radius 3 is 2.52 bits per heavy atom. The van der Waals surface area contributed by atoms with E-state index in [0.717, 1.165) is 22.4 Å². The van der Waals surface area contributed by atoms with Gasteiger partial charge < -0.3 is 5.11 Å². The fraction of sp³-hybridized carbons (Fsp3) is 0.0435. The number of carboxylic acid groups (broad SMARTS) is 1. The highest BCUT2D eigenvalue weighted by Crippen LogP contribution is 2.29. The van der Waals surface area contributed by atoms with E-state index in [1.165, 1.54) is 23.1 Å². The molecule has 154 valence electrons. The van der Waals surface area contributed by atoms with Crippen molar-refractivity contribution in [3.8, 4) is 22.4 Å². The molecule has 0 atom stereocenters. The topological polar surface area (TPSA) is 92.2 Å². The largest absolute Gasteiger partial charge is 0.478 e. The number of nitrogens with zero attached hydrogens (tertiary/aromatic N) is 2. The van der Waals surface area contributed by atoms with Crippen LogP contribution >= 0.6 is 23.1 Å². The molecule has 0 spiro atoms. The first-order valence-corrected chi connectivity index (χ1v) is 11.4. The van der Waals surface area contributed by atoms with E-state index < -0.39 is 5.97 Å². The summed E-state index contributed by atoms with van der Waals surface area (Å²) in [6, 6.07) is 18.0. The summed E-state index contributed by atoms with van der Waals surface area (Å²) in [7, 11) is 0. The van der Waals surface area contributed by atoms with Gasteiger partial charge in [0, 0.05) is 17.1 Å². The van der Waals surface area contributed by atoms with E-state index in [9.17, 15) is 9.59 Å². The molecular weight excluding hydrogens is 430 g/mol. The van der Waals surface area contributed by atoms with Crippen LogP contribution in [0.1, 0.15) is 20.7 Å². The van der Waals surface area contributed by atoms with E-state index >= 15 is 0 Å². The van der Waals surface area contributed by atoms with E-state index in [0.29, 0.717) is 15.7 Å². The van der Waals surface area contributed by atoms with E-state index in [1.54, 1.807) is 42.6 Å². The highest BCUT2D eigenvalue weighted by Gasteiger charge is 2.14. The summed E-state index contributed by atoms with van der Waals surface area (Å²) in [5.41, 5.74) is 4.28. The SMILES string of the molecule is CSc1ncccc1C(=O)Nc1nc(-c2cccc(-c3ccc(C(=O)O)cc3)c2)cs1. The van der Waals surface area contributed by atoms with E-state index in [1.807, 2.05) is 35.9 Å².